The van der Waals surface area contributed by atoms with Gasteiger partial charge < -0.3 is 9.64 Å². The molecule has 116 valence electrons. The molecule has 1 aliphatic heterocycles. The maximum atomic E-state index is 12.3. The molecule has 0 N–H and O–H groups in total. The summed E-state index contributed by atoms with van der Waals surface area (Å²) in [7, 11) is 1.51. The largest absolute Gasteiger partial charge is 0.497 e. The van der Waals surface area contributed by atoms with Gasteiger partial charge in [0.1, 0.15) is 5.75 Å². The summed E-state index contributed by atoms with van der Waals surface area (Å²) in [6, 6.07) is 6.75. The predicted molar refractivity (Wildman–Crippen MR) is 71.4 cm³/mol. The van der Waals surface area contributed by atoms with Gasteiger partial charge in [0.25, 0.3) is 5.91 Å². The van der Waals surface area contributed by atoms with Gasteiger partial charge in [0, 0.05) is 31.7 Å². The molecule has 7 heteroatoms. The van der Waals surface area contributed by atoms with Gasteiger partial charge in [-0.15, -0.1) is 0 Å². The van der Waals surface area contributed by atoms with Crippen LogP contribution in [0.3, 0.4) is 0 Å². The molecule has 0 spiro atoms. The van der Waals surface area contributed by atoms with Crippen molar-refractivity contribution in [2.45, 2.75) is 6.18 Å². The van der Waals surface area contributed by atoms with Crippen LogP contribution in [0.1, 0.15) is 10.4 Å². The fourth-order valence-corrected chi connectivity index (χ4v) is 2.30. The third-order valence-electron chi connectivity index (χ3n) is 3.38. The number of alkyl halides is 3. The molecule has 1 saturated heterocycles. The van der Waals surface area contributed by atoms with E-state index in [1.165, 1.54) is 12.0 Å². The van der Waals surface area contributed by atoms with E-state index in [-0.39, 0.29) is 19.0 Å². The number of amides is 1. The summed E-state index contributed by atoms with van der Waals surface area (Å²) in [5.41, 5.74) is 0.485. The number of carbonyl (C=O) groups excluding carboxylic acids is 1. The lowest BCUT2D eigenvalue weighted by atomic mass is 10.1. The second kappa shape index (κ2) is 6.34. The monoisotopic (exact) mass is 302 g/mol. The van der Waals surface area contributed by atoms with Gasteiger partial charge in [0.2, 0.25) is 0 Å². The first-order chi connectivity index (χ1) is 9.89. The fourth-order valence-electron chi connectivity index (χ4n) is 2.30. The molecule has 1 aromatic rings. The van der Waals surface area contributed by atoms with E-state index in [0.717, 1.165) is 0 Å². The van der Waals surface area contributed by atoms with E-state index in [4.69, 9.17) is 4.74 Å². The minimum Gasteiger partial charge on any atom is -0.497 e. The van der Waals surface area contributed by atoms with Crippen molar-refractivity contribution >= 4 is 5.91 Å². The fraction of sp³-hybridized carbons (Fsp3) is 0.500. The number of piperazine rings is 1. The molecule has 0 unspecified atom stereocenters. The van der Waals surface area contributed by atoms with Gasteiger partial charge in [-0.05, 0) is 18.2 Å². The second-order valence-corrected chi connectivity index (χ2v) is 4.92. The smallest absolute Gasteiger partial charge is 0.401 e. The second-order valence-electron chi connectivity index (χ2n) is 4.92. The van der Waals surface area contributed by atoms with Crippen LogP contribution < -0.4 is 4.74 Å². The Kier molecular flexibility index (Phi) is 4.72. The Bertz CT molecular complexity index is 497. The third kappa shape index (κ3) is 4.35. The van der Waals surface area contributed by atoms with Crippen LogP contribution in [-0.4, -0.2) is 61.7 Å². The minimum atomic E-state index is -4.20. The number of ether oxygens (including phenoxy) is 1. The van der Waals surface area contributed by atoms with Crippen molar-refractivity contribution in [2.75, 3.05) is 39.8 Å². The topological polar surface area (TPSA) is 32.8 Å². The molecule has 4 nitrogen and oxygen atoms in total. The van der Waals surface area contributed by atoms with Crippen molar-refractivity contribution in [3.8, 4) is 5.75 Å². The van der Waals surface area contributed by atoms with Crippen LogP contribution >= 0.6 is 0 Å². The van der Waals surface area contributed by atoms with Crippen molar-refractivity contribution < 1.29 is 22.7 Å². The van der Waals surface area contributed by atoms with Gasteiger partial charge in [-0.3, -0.25) is 9.69 Å². The SMILES string of the molecule is COc1cccc(C(=O)N2CCN(CC(F)(F)F)CC2)c1. The van der Waals surface area contributed by atoms with Crippen LogP contribution in [-0.2, 0) is 0 Å². The average molecular weight is 302 g/mol. The molecule has 1 fully saturated rings. The van der Waals surface area contributed by atoms with Crippen LogP contribution in [0, 0.1) is 0 Å². The van der Waals surface area contributed by atoms with E-state index in [2.05, 4.69) is 0 Å². The van der Waals surface area contributed by atoms with E-state index in [9.17, 15) is 18.0 Å². The van der Waals surface area contributed by atoms with Gasteiger partial charge in [-0.2, -0.15) is 13.2 Å². The molecule has 0 radical (unpaired) electrons. The first-order valence-corrected chi connectivity index (χ1v) is 6.61. The number of nitrogens with zero attached hydrogens (tertiary/aromatic N) is 2. The zero-order valence-electron chi connectivity index (χ0n) is 11.7. The molecular weight excluding hydrogens is 285 g/mol. The Morgan fingerprint density at radius 3 is 2.48 bits per heavy atom. The first kappa shape index (κ1) is 15.6. The Hall–Kier alpha value is -1.76. The standard InChI is InChI=1S/C14H17F3N2O2/c1-21-12-4-2-3-11(9-12)13(20)19-7-5-18(6-8-19)10-14(15,16)17/h2-4,9H,5-8,10H2,1H3. The molecule has 0 atom stereocenters. The van der Waals surface area contributed by atoms with Gasteiger partial charge >= 0.3 is 6.18 Å². The van der Waals surface area contributed by atoms with Gasteiger partial charge in [0.05, 0.1) is 13.7 Å². The van der Waals surface area contributed by atoms with Gasteiger partial charge in [0.15, 0.2) is 0 Å². The molecule has 1 amide bonds. The Balaban J connectivity index is 1.94. The minimum absolute atomic E-state index is 0.180. The van der Waals surface area contributed by atoms with Crippen molar-refractivity contribution in [3.63, 3.8) is 0 Å². The molecule has 21 heavy (non-hydrogen) atoms. The predicted octanol–water partition coefficient (Wildman–Crippen LogP) is 2.02. The lowest BCUT2D eigenvalue weighted by Gasteiger charge is -2.35. The van der Waals surface area contributed by atoms with Crippen molar-refractivity contribution in [3.05, 3.63) is 29.8 Å². The number of carbonyl (C=O) groups is 1. The molecule has 0 aromatic heterocycles. The lowest BCUT2D eigenvalue weighted by molar-refractivity contribution is -0.148. The van der Waals surface area contributed by atoms with Gasteiger partial charge in [-0.25, -0.2) is 0 Å². The van der Waals surface area contributed by atoms with Crippen LogP contribution in [0.25, 0.3) is 0 Å². The molecular formula is C14H17F3N2O2. The molecule has 0 aliphatic carbocycles. The molecule has 1 aliphatic rings. The maximum Gasteiger partial charge on any atom is 0.401 e. The highest BCUT2D eigenvalue weighted by atomic mass is 19.4. The van der Waals surface area contributed by atoms with E-state index in [1.54, 1.807) is 29.2 Å². The third-order valence-corrected chi connectivity index (χ3v) is 3.38. The Labute approximate surface area is 121 Å². The van der Waals surface area contributed by atoms with E-state index < -0.39 is 12.7 Å². The Morgan fingerprint density at radius 1 is 1.24 bits per heavy atom. The summed E-state index contributed by atoms with van der Waals surface area (Å²) in [5.74, 6) is 0.400. The summed E-state index contributed by atoms with van der Waals surface area (Å²) in [5, 5.41) is 0. The summed E-state index contributed by atoms with van der Waals surface area (Å²) < 4.78 is 42.0. The quantitative estimate of drug-likeness (QED) is 0.856. The number of rotatable bonds is 3. The summed E-state index contributed by atoms with van der Waals surface area (Å²) in [4.78, 5) is 15.2. The van der Waals surface area contributed by atoms with Crippen LogP contribution in [0.2, 0.25) is 0 Å². The highest BCUT2D eigenvalue weighted by Gasteiger charge is 2.32. The average Bonchev–Trinajstić information content (AvgIpc) is 2.46. The van der Waals surface area contributed by atoms with Crippen LogP contribution in [0.5, 0.6) is 5.75 Å². The Morgan fingerprint density at radius 2 is 1.90 bits per heavy atom. The lowest BCUT2D eigenvalue weighted by Crippen LogP contribution is -2.50. The molecule has 0 saturated carbocycles. The van der Waals surface area contributed by atoms with Crippen molar-refractivity contribution in [1.82, 2.24) is 9.80 Å². The molecule has 1 heterocycles. The molecule has 2 rings (SSSR count). The number of methoxy groups -OCH3 is 1. The highest BCUT2D eigenvalue weighted by molar-refractivity contribution is 5.94. The summed E-state index contributed by atoms with van der Waals surface area (Å²) in [6.45, 7) is 0.136. The normalized spacial score (nSPS) is 16.9. The highest BCUT2D eigenvalue weighted by Crippen LogP contribution is 2.19. The summed E-state index contributed by atoms with van der Waals surface area (Å²) in [6.07, 6.45) is -4.20. The van der Waals surface area contributed by atoms with E-state index in [1.807, 2.05) is 0 Å². The van der Waals surface area contributed by atoms with Gasteiger partial charge in [-0.1, -0.05) is 6.07 Å². The number of hydrogen-bond donors (Lipinski definition) is 0. The van der Waals surface area contributed by atoms with Crippen LogP contribution in [0.15, 0.2) is 24.3 Å². The number of hydrogen-bond acceptors (Lipinski definition) is 3. The van der Waals surface area contributed by atoms with Crippen LogP contribution in [0.4, 0.5) is 13.2 Å². The summed E-state index contributed by atoms with van der Waals surface area (Å²) >= 11 is 0. The zero-order valence-corrected chi connectivity index (χ0v) is 11.7. The first-order valence-electron chi connectivity index (χ1n) is 6.61. The zero-order chi connectivity index (χ0) is 15.5. The molecule has 1 aromatic carbocycles. The van der Waals surface area contributed by atoms with E-state index in [0.29, 0.717) is 24.4 Å². The van der Waals surface area contributed by atoms with Crippen molar-refractivity contribution in [2.24, 2.45) is 0 Å². The van der Waals surface area contributed by atoms with E-state index >= 15 is 0 Å². The number of halogens is 3. The maximum absolute atomic E-state index is 12.3. The van der Waals surface area contributed by atoms with Crippen molar-refractivity contribution in [1.29, 1.82) is 0 Å². The molecule has 0 bridgehead atoms. The number of benzene rings is 1.